The number of nitrogens with one attached hydrogen (secondary N) is 1. The molecule has 2 amide bonds. The van der Waals surface area contributed by atoms with Crippen molar-refractivity contribution < 1.29 is 23.9 Å². The molecule has 7 nitrogen and oxygen atoms in total. The van der Waals surface area contributed by atoms with E-state index in [4.69, 9.17) is 9.47 Å². The van der Waals surface area contributed by atoms with E-state index in [1.54, 1.807) is 17.0 Å². The molecule has 0 radical (unpaired) electrons. The fourth-order valence-electron chi connectivity index (χ4n) is 2.15. The van der Waals surface area contributed by atoms with Crippen LogP contribution in [-0.2, 0) is 19.1 Å². The Labute approximate surface area is 144 Å². The molecule has 0 aliphatic carbocycles. The van der Waals surface area contributed by atoms with Crippen molar-refractivity contribution >= 4 is 29.5 Å². The lowest BCUT2D eigenvalue weighted by Crippen LogP contribution is -2.48. The van der Waals surface area contributed by atoms with E-state index < -0.39 is 0 Å². The number of methoxy groups -OCH3 is 1. The molecule has 1 aliphatic heterocycles. The van der Waals surface area contributed by atoms with Crippen molar-refractivity contribution in [3.63, 3.8) is 0 Å². The second-order valence-electron chi connectivity index (χ2n) is 5.10. The number of carbonyl (C=O) groups excluding carboxylic acids is 3. The monoisotopic (exact) mass is 352 g/mol. The number of thioether (sulfide) groups is 1. The molecule has 1 aromatic carbocycles. The van der Waals surface area contributed by atoms with Gasteiger partial charge in [-0.1, -0.05) is 18.2 Å². The van der Waals surface area contributed by atoms with Gasteiger partial charge in [-0.3, -0.25) is 14.4 Å². The molecule has 1 aromatic rings. The highest BCUT2D eigenvalue weighted by molar-refractivity contribution is 8.00. The fourth-order valence-corrected chi connectivity index (χ4v) is 3.28. The molecular weight excluding hydrogens is 332 g/mol. The van der Waals surface area contributed by atoms with E-state index in [0.717, 1.165) is 0 Å². The topological polar surface area (TPSA) is 84.9 Å². The number of carbonyl (C=O) groups is 3. The van der Waals surface area contributed by atoms with Gasteiger partial charge in [0.25, 0.3) is 5.91 Å². The Hall–Kier alpha value is -2.22. The van der Waals surface area contributed by atoms with Crippen LogP contribution in [0.3, 0.4) is 0 Å². The molecule has 1 atom stereocenters. The highest BCUT2D eigenvalue weighted by Gasteiger charge is 2.29. The Morgan fingerprint density at radius 3 is 2.75 bits per heavy atom. The third-order valence-electron chi connectivity index (χ3n) is 3.43. The van der Waals surface area contributed by atoms with Crippen LogP contribution in [0.25, 0.3) is 0 Å². The van der Waals surface area contributed by atoms with Crippen molar-refractivity contribution in [2.45, 2.75) is 5.25 Å². The van der Waals surface area contributed by atoms with Gasteiger partial charge >= 0.3 is 5.97 Å². The molecule has 1 aliphatic rings. The van der Waals surface area contributed by atoms with Gasteiger partial charge in [-0.15, -0.1) is 11.8 Å². The zero-order valence-electron chi connectivity index (χ0n) is 13.4. The van der Waals surface area contributed by atoms with Gasteiger partial charge < -0.3 is 19.7 Å². The van der Waals surface area contributed by atoms with Gasteiger partial charge in [0.1, 0.15) is 11.0 Å². The summed E-state index contributed by atoms with van der Waals surface area (Å²) < 4.78 is 10.0. The van der Waals surface area contributed by atoms with Crippen LogP contribution in [0.1, 0.15) is 0 Å². The molecule has 130 valence electrons. The quantitative estimate of drug-likeness (QED) is 0.741. The second-order valence-corrected chi connectivity index (χ2v) is 6.41. The van der Waals surface area contributed by atoms with Crippen LogP contribution in [0.15, 0.2) is 30.3 Å². The van der Waals surface area contributed by atoms with Gasteiger partial charge in [-0.2, -0.15) is 0 Å². The smallest absolute Gasteiger partial charge is 0.320 e. The Bertz CT molecular complexity index is 581. The standard InChI is InChI=1S/C16H20N2O5S/c1-22-16(21)13-10-18(7-8-24-13)15(20)9-17-14(19)11-23-12-5-3-2-4-6-12/h2-6,13H,7-11H2,1H3,(H,17,19)/t13-/m1/s1. The molecule has 1 N–H and O–H groups in total. The zero-order valence-corrected chi connectivity index (χ0v) is 14.2. The van der Waals surface area contributed by atoms with E-state index in [1.807, 2.05) is 18.2 Å². The number of ether oxygens (including phenoxy) is 2. The Morgan fingerprint density at radius 1 is 1.29 bits per heavy atom. The van der Waals surface area contributed by atoms with Crippen LogP contribution >= 0.6 is 11.8 Å². The SMILES string of the molecule is COC(=O)[C@H]1CN(C(=O)CNC(=O)COc2ccccc2)CCS1. The van der Waals surface area contributed by atoms with E-state index in [1.165, 1.54) is 18.9 Å². The van der Waals surface area contributed by atoms with Crippen LogP contribution < -0.4 is 10.1 Å². The maximum Gasteiger partial charge on any atom is 0.320 e. The first-order valence-electron chi connectivity index (χ1n) is 7.52. The Kier molecular flexibility index (Phi) is 6.92. The van der Waals surface area contributed by atoms with Crippen molar-refractivity contribution in [2.24, 2.45) is 0 Å². The molecule has 0 unspecified atom stereocenters. The number of benzene rings is 1. The third kappa shape index (κ3) is 5.45. The largest absolute Gasteiger partial charge is 0.484 e. The summed E-state index contributed by atoms with van der Waals surface area (Å²) in [6, 6.07) is 8.96. The molecule has 1 saturated heterocycles. The summed E-state index contributed by atoms with van der Waals surface area (Å²) in [4.78, 5) is 37.0. The van der Waals surface area contributed by atoms with Gasteiger partial charge in [0.2, 0.25) is 5.91 Å². The number of hydrogen-bond donors (Lipinski definition) is 1. The number of hydrogen-bond acceptors (Lipinski definition) is 6. The first-order valence-corrected chi connectivity index (χ1v) is 8.57. The van der Waals surface area contributed by atoms with Gasteiger partial charge in [-0.05, 0) is 12.1 Å². The van der Waals surface area contributed by atoms with Gasteiger partial charge in [0, 0.05) is 18.8 Å². The number of esters is 1. The highest BCUT2D eigenvalue weighted by Crippen LogP contribution is 2.19. The molecule has 1 fully saturated rings. The van der Waals surface area contributed by atoms with Crippen molar-refractivity contribution in [3.8, 4) is 5.75 Å². The van der Waals surface area contributed by atoms with Gasteiger partial charge in [-0.25, -0.2) is 0 Å². The van der Waals surface area contributed by atoms with Crippen LogP contribution in [0, 0.1) is 0 Å². The van der Waals surface area contributed by atoms with Crippen molar-refractivity contribution in [1.82, 2.24) is 10.2 Å². The van der Waals surface area contributed by atoms with Gasteiger partial charge in [0.05, 0.1) is 13.7 Å². The summed E-state index contributed by atoms with van der Waals surface area (Å²) in [6.45, 7) is 0.577. The molecule has 0 aromatic heterocycles. The lowest BCUT2D eigenvalue weighted by molar-refractivity contribution is -0.141. The Morgan fingerprint density at radius 2 is 2.04 bits per heavy atom. The van der Waals surface area contributed by atoms with E-state index in [2.05, 4.69) is 5.32 Å². The predicted molar refractivity (Wildman–Crippen MR) is 89.8 cm³/mol. The lowest BCUT2D eigenvalue weighted by Gasteiger charge is -2.31. The summed E-state index contributed by atoms with van der Waals surface area (Å²) in [6.07, 6.45) is 0. The number of rotatable bonds is 6. The van der Waals surface area contributed by atoms with E-state index >= 15 is 0 Å². The number of para-hydroxylation sites is 1. The summed E-state index contributed by atoms with van der Waals surface area (Å²) in [7, 11) is 1.33. The fraction of sp³-hybridized carbons (Fsp3) is 0.438. The van der Waals surface area contributed by atoms with Gasteiger partial charge in [0.15, 0.2) is 6.61 Å². The summed E-state index contributed by atoms with van der Waals surface area (Å²) >= 11 is 1.47. The normalized spacial score (nSPS) is 17.0. The zero-order chi connectivity index (χ0) is 17.4. The predicted octanol–water partition coefficient (Wildman–Crippen LogP) is 0.299. The van der Waals surface area contributed by atoms with E-state index in [-0.39, 0.29) is 36.2 Å². The first-order chi connectivity index (χ1) is 11.6. The number of amides is 2. The first kappa shape index (κ1) is 18.1. The molecule has 2 rings (SSSR count). The number of nitrogens with zero attached hydrogens (tertiary/aromatic N) is 1. The minimum absolute atomic E-state index is 0.116. The van der Waals surface area contributed by atoms with Crippen molar-refractivity contribution in [2.75, 3.05) is 39.1 Å². The molecule has 0 bridgehead atoms. The van der Waals surface area contributed by atoms with Crippen LogP contribution in [0.2, 0.25) is 0 Å². The average Bonchev–Trinajstić information content (AvgIpc) is 2.64. The average molecular weight is 352 g/mol. The third-order valence-corrected chi connectivity index (χ3v) is 4.60. The highest BCUT2D eigenvalue weighted by atomic mass is 32.2. The molecule has 8 heteroatoms. The summed E-state index contributed by atoms with van der Waals surface area (Å²) in [5, 5.41) is 2.16. The van der Waals surface area contributed by atoms with E-state index in [9.17, 15) is 14.4 Å². The molecule has 1 heterocycles. The minimum atomic E-state index is -0.372. The van der Waals surface area contributed by atoms with E-state index in [0.29, 0.717) is 24.6 Å². The van der Waals surface area contributed by atoms with Crippen molar-refractivity contribution in [3.05, 3.63) is 30.3 Å². The molecular formula is C16H20N2O5S. The summed E-state index contributed by atoms with van der Waals surface area (Å²) in [5.74, 6) is 0.322. The molecule has 0 saturated carbocycles. The summed E-state index contributed by atoms with van der Waals surface area (Å²) in [5.41, 5.74) is 0. The lowest BCUT2D eigenvalue weighted by atomic mass is 10.3. The maximum absolute atomic E-state index is 12.1. The van der Waals surface area contributed by atoms with Crippen LogP contribution in [0.5, 0.6) is 5.75 Å². The molecule has 0 spiro atoms. The van der Waals surface area contributed by atoms with Crippen LogP contribution in [-0.4, -0.2) is 67.0 Å². The van der Waals surface area contributed by atoms with Crippen LogP contribution in [0.4, 0.5) is 0 Å². The minimum Gasteiger partial charge on any atom is -0.484 e. The maximum atomic E-state index is 12.1. The Balaban J connectivity index is 1.72. The molecule has 24 heavy (non-hydrogen) atoms. The second kappa shape index (κ2) is 9.17. The van der Waals surface area contributed by atoms with Crippen molar-refractivity contribution in [1.29, 1.82) is 0 Å².